The molecule has 1 unspecified atom stereocenters. The van der Waals surface area contributed by atoms with Crippen molar-refractivity contribution in [1.29, 1.82) is 0 Å². The molecule has 310 valence electrons. The van der Waals surface area contributed by atoms with Crippen LogP contribution in [0.15, 0.2) is 231 Å². The van der Waals surface area contributed by atoms with Gasteiger partial charge in [-0.05, 0) is 126 Å². The standard InChI is InChI=1S/C64H49N/c1-64(2)59-20-12-11-19-56(59)57-38-34-52(42-60(57)64)54(50-32-30-46(31-33-50)44-13-5-3-6-14-44)37-23-43-21-24-45(25-22-43)47-26-28-48(29-27-47)51-36-39-61-58(41-51)63-55-18-10-9-15-49(55)35-40-62(63)65(61)53-16-7-4-8-17-53/h3-22,24-36,38-42,54H,23,37H2,1-2H3. The average molecular weight is 832 g/mol. The minimum Gasteiger partial charge on any atom is -0.309 e. The van der Waals surface area contributed by atoms with Crippen LogP contribution >= 0.6 is 0 Å². The van der Waals surface area contributed by atoms with Crippen LogP contribution in [0.2, 0.25) is 0 Å². The highest BCUT2D eigenvalue weighted by Crippen LogP contribution is 2.50. The van der Waals surface area contributed by atoms with Crippen LogP contribution in [0.5, 0.6) is 0 Å². The van der Waals surface area contributed by atoms with Crippen LogP contribution in [0.1, 0.15) is 54.0 Å². The minimum atomic E-state index is -0.0369. The first kappa shape index (κ1) is 38.9. The Bertz CT molecular complexity index is 3520. The van der Waals surface area contributed by atoms with E-state index in [4.69, 9.17) is 0 Å². The van der Waals surface area contributed by atoms with Gasteiger partial charge in [-0.2, -0.15) is 0 Å². The summed E-state index contributed by atoms with van der Waals surface area (Å²) in [6, 6.07) is 85.6. The molecule has 1 nitrogen and oxygen atoms in total. The Labute approximate surface area is 381 Å². The van der Waals surface area contributed by atoms with Crippen molar-refractivity contribution in [3.8, 4) is 50.2 Å². The summed E-state index contributed by atoms with van der Waals surface area (Å²) >= 11 is 0. The Morgan fingerprint density at radius 2 is 0.954 bits per heavy atom. The molecule has 10 aromatic carbocycles. The summed E-state index contributed by atoms with van der Waals surface area (Å²) < 4.78 is 2.41. The fourth-order valence-corrected chi connectivity index (χ4v) is 10.9. The van der Waals surface area contributed by atoms with Gasteiger partial charge >= 0.3 is 0 Å². The van der Waals surface area contributed by atoms with Gasteiger partial charge in [-0.1, -0.05) is 214 Å². The first-order chi connectivity index (χ1) is 32.0. The molecule has 0 amide bonds. The molecule has 0 N–H and O–H groups in total. The molecule has 1 heteroatoms. The van der Waals surface area contributed by atoms with Gasteiger partial charge in [0, 0.05) is 27.8 Å². The van der Waals surface area contributed by atoms with Crippen LogP contribution in [-0.2, 0) is 11.8 Å². The van der Waals surface area contributed by atoms with E-state index in [9.17, 15) is 0 Å². The number of nitrogens with zero attached hydrogens (tertiary/aromatic N) is 1. The topological polar surface area (TPSA) is 4.93 Å². The molecular formula is C64H49N. The van der Waals surface area contributed by atoms with Gasteiger partial charge in [-0.3, -0.25) is 0 Å². The van der Waals surface area contributed by atoms with Gasteiger partial charge in [-0.25, -0.2) is 0 Å². The van der Waals surface area contributed by atoms with E-state index in [2.05, 4.69) is 249 Å². The second-order valence-electron chi connectivity index (χ2n) is 18.4. The van der Waals surface area contributed by atoms with Gasteiger partial charge in [0.1, 0.15) is 0 Å². The predicted octanol–water partition coefficient (Wildman–Crippen LogP) is 17.0. The van der Waals surface area contributed by atoms with Crippen LogP contribution in [0.25, 0.3) is 82.8 Å². The Morgan fingerprint density at radius 1 is 0.400 bits per heavy atom. The molecule has 1 aromatic heterocycles. The largest absolute Gasteiger partial charge is 0.309 e. The summed E-state index contributed by atoms with van der Waals surface area (Å²) in [5.74, 6) is 0.268. The zero-order chi connectivity index (χ0) is 43.5. The Kier molecular flexibility index (Phi) is 9.46. The van der Waals surface area contributed by atoms with Crippen LogP contribution in [0, 0.1) is 0 Å². The lowest BCUT2D eigenvalue weighted by Gasteiger charge is -2.24. The van der Waals surface area contributed by atoms with Crippen molar-refractivity contribution in [2.45, 2.75) is 38.0 Å². The fraction of sp³-hybridized carbons (Fsp3) is 0.0938. The first-order valence-electron chi connectivity index (χ1n) is 23.1. The van der Waals surface area contributed by atoms with Gasteiger partial charge < -0.3 is 4.57 Å². The van der Waals surface area contributed by atoms with E-state index in [0.29, 0.717) is 0 Å². The first-order valence-corrected chi connectivity index (χ1v) is 23.1. The third kappa shape index (κ3) is 6.78. The molecule has 1 aliphatic carbocycles. The van der Waals surface area contributed by atoms with E-state index in [1.54, 1.807) is 0 Å². The normalized spacial score (nSPS) is 13.3. The lowest BCUT2D eigenvalue weighted by molar-refractivity contribution is 0.654. The maximum Gasteiger partial charge on any atom is 0.0547 e. The number of hydrogen-bond donors (Lipinski definition) is 0. The van der Waals surface area contributed by atoms with Gasteiger partial charge in [0.2, 0.25) is 0 Å². The maximum atomic E-state index is 2.51. The predicted molar refractivity (Wildman–Crippen MR) is 275 cm³/mol. The number of hydrogen-bond acceptors (Lipinski definition) is 0. The Morgan fingerprint density at radius 3 is 1.71 bits per heavy atom. The van der Waals surface area contributed by atoms with E-state index in [1.165, 1.54) is 111 Å². The Hall–Kier alpha value is -7.74. The van der Waals surface area contributed by atoms with Crippen molar-refractivity contribution in [2.24, 2.45) is 0 Å². The minimum absolute atomic E-state index is 0.0369. The van der Waals surface area contributed by atoms with Crippen LogP contribution < -0.4 is 0 Å². The fourth-order valence-electron chi connectivity index (χ4n) is 10.9. The lowest BCUT2D eigenvalue weighted by Crippen LogP contribution is -2.15. The number of fused-ring (bicyclic) bond motifs is 8. The molecule has 1 aliphatic rings. The van der Waals surface area contributed by atoms with E-state index >= 15 is 0 Å². The van der Waals surface area contributed by atoms with E-state index in [1.807, 2.05) is 0 Å². The van der Waals surface area contributed by atoms with Crippen LogP contribution in [0.3, 0.4) is 0 Å². The van der Waals surface area contributed by atoms with E-state index < -0.39 is 0 Å². The lowest BCUT2D eigenvalue weighted by atomic mass is 9.79. The third-order valence-corrected chi connectivity index (χ3v) is 14.3. The molecule has 0 saturated carbocycles. The highest BCUT2D eigenvalue weighted by Gasteiger charge is 2.35. The summed E-state index contributed by atoms with van der Waals surface area (Å²) in [6.07, 6.45) is 2.01. The molecule has 0 bridgehead atoms. The quantitative estimate of drug-likeness (QED) is 0.137. The number of aromatic nitrogens is 1. The summed E-state index contributed by atoms with van der Waals surface area (Å²) in [5, 5.41) is 5.12. The van der Waals surface area contributed by atoms with Gasteiger partial charge in [0.15, 0.2) is 0 Å². The van der Waals surface area contributed by atoms with Gasteiger partial charge in [0.05, 0.1) is 11.0 Å². The van der Waals surface area contributed by atoms with Crippen molar-refractivity contribution < 1.29 is 0 Å². The number of benzene rings is 10. The molecule has 11 aromatic rings. The van der Waals surface area contributed by atoms with Gasteiger partial charge in [0.25, 0.3) is 0 Å². The van der Waals surface area contributed by atoms with Crippen molar-refractivity contribution in [1.82, 2.24) is 4.57 Å². The molecule has 0 aliphatic heterocycles. The molecular weight excluding hydrogens is 783 g/mol. The van der Waals surface area contributed by atoms with Crippen LogP contribution in [0.4, 0.5) is 0 Å². The Balaban J connectivity index is 0.823. The monoisotopic (exact) mass is 831 g/mol. The number of para-hydroxylation sites is 1. The molecule has 0 saturated heterocycles. The highest BCUT2D eigenvalue weighted by molar-refractivity contribution is 6.21. The van der Waals surface area contributed by atoms with Crippen molar-refractivity contribution >= 4 is 32.6 Å². The number of rotatable bonds is 9. The summed E-state index contributed by atoms with van der Waals surface area (Å²) in [6.45, 7) is 4.76. The van der Waals surface area contributed by atoms with E-state index in [-0.39, 0.29) is 11.3 Å². The van der Waals surface area contributed by atoms with Crippen LogP contribution in [-0.4, -0.2) is 4.57 Å². The second-order valence-corrected chi connectivity index (χ2v) is 18.4. The maximum absolute atomic E-state index is 2.51. The second kappa shape index (κ2) is 15.8. The molecule has 1 heterocycles. The summed E-state index contributed by atoms with van der Waals surface area (Å²) in [5.41, 5.74) is 20.7. The SMILES string of the molecule is CC1(C)c2ccccc2-c2ccc(C(CCc3ccc(-c4ccc(-c5ccc6c(c5)c5c7ccccc7ccc5n6-c5ccccc5)cc4)cc3)c3ccc(-c4ccccc4)cc3)cc21. The summed E-state index contributed by atoms with van der Waals surface area (Å²) in [7, 11) is 0. The smallest absolute Gasteiger partial charge is 0.0547 e. The van der Waals surface area contributed by atoms with Crippen molar-refractivity contribution in [2.75, 3.05) is 0 Å². The number of aryl methyl sites for hydroxylation is 1. The molecule has 12 rings (SSSR count). The molecule has 0 radical (unpaired) electrons. The zero-order valence-corrected chi connectivity index (χ0v) is 36.9. The van der Waals surface area contributed by atoms with E-state index in [0.717, 1.165) is 12.8 Å². The summed E-state index contributed by atoms with van der Waals surface area (Å²) in [4.78, 5) is 0. The highest BCUT2D eigenvalue weighted by atomic mass is 15.0. The molecule has 0 fully saturated rings. The molecule has 1 atom stereocenters. The van der Waals surface area contributed by atoms with Crippen molar-refractivity contribution in [3.05, 3.63) is 258 Å². The van der Waals surface area contributed by atoms with Crippen molar-refractivity contribution in [3.63, 3.8) is 0 Å². The molecule has 0 spiro atoms. The van der Waals surface area contributed by atoms with Gasteiger partial charge in [-0.15, -0.1) is 0 Å². The average Bonchev–Trinajstić information content (AvgIpc) is 3.83. The molecule has 65 heavy (non-hydrogen) atoms. The third-order valence-electron chi connectivity index (χ3n) is 14.3. The zero-order valence-electron chi connectivity index (χ0n) is 36.9.